The normalized spacial score (nSPS) is 11.7. The molecule has 0 unspecified atom stereocenters. The Bertz CT molecular complexity index is 602. The molecule has 1 aromatic rings. The van der Waals surface area contributed by atoms with Crippen molar-refractivity contribution in [3.8, 4) is 0 Å². The van der Waals surface area contributed by atoms with Crippen molar-refractivity contribution in [1.29, 1.82) is 0 Å². The van der Waals surface area contributed by atoms with E-state index in [1.807, 2.05) is 13.8 Å². The van der Waals surface area contributed by atoms with E-state index in [9.17, 15) is 22.0 Å². The molecule has 0 aliphatic carbocycles. The van der Waals surface area contributed by atoms with Crippen molar-refractivity contribution >= 4 is 15.9 Å². The maximum absolute atomic E-state index is 13.4. The summed E-state index contributed by atoms with van der Waals surface area (Å²) in [6.45, 7) is 4.38. The second-order valence-corrected chi connectivity index (χ2v) is 6.47. The van der Waals surface area contributed by atoms with Crippen LogP contribution in [-0.4, -0.2) is 27.5 Å². The van der Waals surface area contributed by atoms with Gasteiger partial charge in [-0.1, -0.05) is 13.8 Å². The molecule has 21 heavy (non-hydrogen) atoms. The van der Waals surface area contributed by atoms with Gasteiger partial charge in [-0.15, -0.1) is 0 Å². The van der Waals surface area contributed by atoms with E-state index >= 15 is 0 Å². The number of carbonyl (C=O) groups excluding carboxylic acids is 1. The average molecular weight is 321 g/mol. The Morgan fingerprint density at radius 2 is 2.00 bits per heavy atom. The minimum Gasteiger partial charge on any atom is -0.381 e. The fourth-order valence-corrected chi connectivity index (χ4v) is 2.51. The number of sulfonamides is 1. The van der Waals surface area contributed by atoms with E-state index in [0.717, 1.165) is 12.1 Å². The van der Waals surface area contributed by atoms with Crippen LogP contribution in [0.25, 0.3) is 0 Å². The monoisotopic (exact) mass is 321 g/mol. The third-order valence-corrected chi connectivity index (χ3v) is 3.76. The smallest absolute Gasteiger partial charge is 0.266 e. The Labute approximate surface area is 122 Å². The Morgan fingerprint density at radius 1 is 1.33 bits per heavy atom. The van der Waals surface area contributed by atoms with E-state index in [2.05, 4.69) is 0 Å². The lowest BCUT2D eigenvalue weighted by molar-refractivity contribution is -0.120. The molecule has 0 saturated carbocycles. The molecule has 0 spiro atoms. The molecular formula is C13H17F2NO4S. The molecular weight excluding hydrogens is 304 g/mol. The van der Waals surface area contributed by atoms with Crippen molar-refractivity contribution < 1.29 is 26.7 Å². The summed E-state index contributed by atoms with van der Waals surface area (Å²) in [5.74, 6) is -2.68. The van der Waals surface area contributed by atoms with Crippen molar-refractivity contribution in [2.24, 2.45) is 5.92 Å². The van der Waals surface area contributed by atoms with Crippen LogP contribution in [0.2, 0.25) is 0 Å². The van der Waals surface area contributed by atoms with Gasteiger partial charge in [-0.3, -0.25) is 4.79 Å². The highest BCUT2D eigenvalue weighted by atomic mass is 32.2. The molecule has 8 heteroatoms. The van der Waals surface area contributed by atoms with Crippen molar-refractivity contribution in [3.63, 3.8) is 0 Å². The molecule has 0 saturated heterocycles. The number of halogens is 2. The number of amides is 1. The van der Waals surface area contributed by atoms with Crippen LogP contribution in [0, 0.1) is 17.6 Å². The Morgan fingerprint density at radius 3 is 2.57 bits per heavy atom. The number of rotatable bonds is 7. The van der Waals surface area contributed by atoms with Gasteiger partial charge in [-0.05, 0) is 18.1 Å². The van der Waals surface area contributed by atoms with Crippen LogP contribution in [0.3, 0.4) is 0 Å². The lowest BCUT2D eigenvalue weighted by Gasteiger charge is -2.09. The maximum atomic E-state index is 13.4. The number of benzene rings is 1. The number of ether oxygens (including phenoxy) is 1. The zero-order valence-electron chi connectivity index (χ0n) is 11.7. The molecule has 0 heterocycles. The van der Waals surface area contributed by atoms with E-state index < -0.39 is 32.5 Å². The number of hydrogen-bond donors (Lipinski definition) is 1. The van der Waals surface area contributed by atoms with E-state index in [4.69, 9.17) is 4.74 Å². The molecule has 0 radical (unpaired) electrons. The van der Waals surface area contributed by atoms with Gasteiger partial charge in [0.05, 0.1) is 13.0 Å². The minimum atomic E-state index is -4.36. The first-order valence-electron chi connectivity index (χ1n) is 6.31. The van der Waals surface area contributed by atoms with Crippen molar-refractivity contribution in [2.45, 2.75) is 25.2 Å². The van der Waals surface area contributed by atoms with E-state index in [-0.39, 0.29) is 13.0 Å². The Kier molecular flexibility index (Phi) is 6.22. The summed E-state index contributed by atoms with van der Waals surface area (Å²) in [5.41, 5.74) is 0. The van der Waals surface area contributed by atoms with Crippen LogP contribution >= 0.6 is 0 Å². The maximum Gasteiger partial charge on any atom is 0.266 e. The second-order valence-electron chi connectivity index (χ2n) is 4.82. The summed E-state index contributed by atoms with van der Waals surface area (Å²) in [5, 5.41) is 0. The standard InChI is InChI=1S/C13H17F2NO4S/c1-9(2)8-20-6-5-13(17)16-21(18,19)12-4-3-10(14)7-11(12)15/h3-4,7,9H,5-6,8H2,1-2H3,(H,16,17). The molecule has 0 atom stereocenters. The first-order valence-corrected chi connectivity index (χ1v) is 7.79. The largest absolute Gasteiger partial charge is 0.381 e. The summed E-state index contributed by atoms with van der Waals surface area (Å²) in [7, 11) is -4.36. The summed E-state index contributed by atoms with van der Waals surface area (Å²) >= 11 is 0. The molecule has 0 bridgehead atoms. The predicted octanol–water partition coefficient (Wildman–Crippen LogP) is 1.83. The highest BCUT2D eigenvalue weighted by molar-refractivity contribution is 7.90. The van der Waals surface area contributed by atoms with Gasteiger partial charge in [-0.2, -0.15) is 0 Å². The van der Waals surface area contributed by atoms with Crippen LogP contribution in [-0.2, 0) is 19.6 Å². The molecule has 0 fully saturated rings. The van der Waals surface area contributed by atoms with Crippen LogP contribution in [0.5, 0.6) is 0 Å². The van der Waals surface area contributed by atoms with Gasteiger partial charge in [-0.25, -0.2) is 21.9 Å². The molecule has 1 N–H and O–H groups in total. The minimum absolute atomic E-state index is 0.0609. The molecule has 5 nitrogen and oxygen atoms in total. The van der Waals surface area contributed by atoms with Gasteiger partial charge in [0.1, 0.15) is 16.5 Å². The summed E-state index contributed by atoms with van der Waals surface area (Å²) in [4.78, 5) is 10.7. The Balaban J connectivity index is 2.61. The first-order chi connectivity index (χ1) is 9.72. The first kappa shape index (κ1) is 17.5. The third-order valence-electron chi connectivity index (χ3n) is 2.36. The fourth-order valence-electron chi connectivity index (χ4n) is 1.43. The predicted molar refractivity (Wildman–Crippen MR) is 72.0 cm³/mol. The van der Waals surface area contributed by atoms with Crippen LogP contribution in [0.15, 0.2) is 23.1 Å². The molecule has 1 amide bonds. The van der Waals surface area contributed by atoms with E-state index in [1.54, 1.807) is 4.72 Å². The summed E-state index contributed by atoms with van der Waals surface area (Å²) in [6.07, 6.45) is -0.172. The van der Waals surface area contributed by atoms with Gasteiger partial charge in [0.2, 0.25) is 5.91 Å². The van der Waals surface area contributed by atoms with Gasteiger partial charge in [0, 0.05) is 12.7 Å². The quantitative estimate of drug-likeness (QED) is 0.778. The van der Waals surface area contributed by atoms with Crippen LogP contribution in [0.4, 0.5) is 8.78 Å². The molecule has 0 aliphatic heterocycles. The molecule has 0 aliphatic rings. The zero-order chi connectivity index (χ0) is 16.0. The van der Waals surface area contributed by atoms with Crippen molar-refractivity contribution in [3.05, 3.63) is 29.8 Å². The fraction of sp³-hybridized carbons (Fsp3) is 0.462. The van der Waals surface area contributed by atoms with Gasteiger partial charge in [0.15, 0.2) is 0 Å². The lowest BCUT2D eigenvalue weighted by atomic mass is 10.2. The topological polar surface area (TPSA) is 72.5 Å². The molecule has 0 aromatic heterocycles. The zero-order valence-corrected chi connectivity index (χ0v) is 12.5. The van der Waals surface area contributed by atoms with Gasteiger partial charge >= 0.3 is 0 Å². The van der Waals surface area contributed by atoms with Crippen molar-refractivity contribution in [2.75, 3.05) is 13.2 Å². The number of hydrogen-bond acceptors (Lipinski definition) is 4. The van der Waals surface area contributed by atoms with Crippen LogP contribution in [0.1, 0.15) is 20.3 Å². The van der Waals surface area contributed by atoms with E-state index in [1.165, 1.54) is 0 Å². The highest BCUT2D eigenvalue weighted by Crippen LogP contribution is 2.15. The molecule has 118 valence electrons. The number of nitrogens with one attached hydrogen (secondary N) is 1. The van der Waals surface area contributed by atoms with Crippen molar-refractivity contribution in [1.82, 2.24) is 4.72 Å². The molecule has 1 rings (SSSR count). The van der Waals surface area contributed by atoms with E-state index in [0.29, 0.717) is 18.6 Å². The summed E-state index contributed by atoms with van der Waals surface area (Å²) in [6, 6.07) is 1.99. The molecule has 1 aromatic carbocycles. The lowest BCUT2D eigenvalue weighted by Crippen LogP contribution is -2.32. The van der Waals surface area contributed by atoms with Gasteiger partial charge < -0.3 is 4.74 Å². The van der Waals surface area contributed by atoms with Gasteiger partial charge in [0.25, 0.3) is 10.0 Å². The van der Waals surface area contributed by atoms with Crippen LogP contribution < -0.4 is 4.72 Å². The highest BCUT2D eigenvalue weighted by Gasteiger charge is 2.21. The average Bonchev–Trinajstić information content (AvgIpc) is 2.33. The number of carbonyl (C=O) groups is 1. The Hall–Kier alpha value is -1.54. The summed E-state index contributed by atoms with van der Waals surface area (Å²) < 4.78 is 56.5. The second kappa shape index (κ2) is 7.46. The third kappa shape index (κ3) is 5.76. The SMILES string of the molecule is CC(C)COCCC(=O)NS(=O)(=O)c1ccc(F)cc1F.